The van der Waals surface area contributed by atoms with Crippen molar-refractivity contribution in [3.63, 3.8) is 0 Å². The van der Waals surface area contributed by atoms with Gasteiger partial charge in [0.25, 0.3) is 0 Å². The molecule has 7 nitrogen and oxygen atoms in total. The lowest BCUT2D eigenvalue weighted by Crippen LogP contribution is -2.38. The first-order chi connectivity index (χ1) is 14.7. The molecule has 166 valence electrons. The molecule has 31 heavy (non-hydrogen) atoms. The second kappa shape index (κ2) is 13.2. The molecular weight excluding hydrogens is 529 g/mol. The Balaban J connectivity index is 0.00000341. The third-order valence-corrected chi connectivity index (χ3v) is 4.61. The van der Waals surface area contributed by atoms with Crippen LogP contribution >= 0.6 is 35.6 Å². The smallest absolute Gasteiger partial charge is 0.228 e. The van der Waals surface area contributed by atoms with Crippen molar-refractivity contribution >= 4 is 41.5 Å². The van der Waals surface area contributed by atoms with Gasteiger partial charge in [-0.05, 0) is 37.1 Å². The standard InChI is InChI=1S/C22H26ClN5O2.HI/c1-3-24-22(25-13-11-16-7-4-5-10-19(16)29-2)26-14-12-20-27-21(28-30-20)17-8-6-9-18(23)15-17;/h4-10,15H,3,11-14H2,1-2H3,(H2,24,25,26);1H. The highest BCUT2D eigenvalue weighted by molar-refractivity contribution is 14.0. The van der Waals surface area contributed by atoms with E-state index in [1.165, 1.54) is 0 Å². The predicted octanol–water partition coefficient (Wildman–Crippen LogP) is 4.36. The van der Waals surface area contributed by atoms with Gasteiger partial charge in [0, 0.05) is 30.1 Å². The number of benzene rings is 2. The Morgan fingerprint density at radius 3 is 2.74 bits per heavy atom. The summed E-state index contributed by atoms with van der Waals surface area (Å²) in [5.41, 5.74) is 1.98. The van der Waals surface area contributed by atoms with E-state index in [4.69, 9.17) is 20.9 Å². The Kier molecular flexibility index (Phi) is 10.6. The maximum atomic E-state index is 6.02. The van der Waals surface area contributed by atoms with Crippen LogP contribution in [0, 0.1) is 0 Å². The number of ether oxygens (including phenoxy) is 1. The zero-order valence-electron chi connectivity index (χ0n) is 17.6. The molecule has 2 N–H and O–H groups in total. The zero-order chi connectivity index (χ0) is 21.2. The number of nitrogens with one attached hydrogen (secondary N) is 2. The van der Waals surface area contributed by atoms with Crippen LogP contribution in [-0.2, 0) is 12.8 Å². The molecule has 0 amide bonds. The minimum Gasteiger partial charge on any atom is -0.496 e. The van der Waals surface area contributed by atoms with Crippen LogP contribution in [0.3, 0.4) is 0 Å². The van der Waals surface area contributed by atoms with Gasteiger partial charge in [-0.15, -0.1) is 24.0 Å². The second-order valence-corrected chi connectivity index (χ2v) is 6.96. The van der Waals surface area contributed by atoms with Gasteiger partial charge in [-0.2, -0.15) is 4.98 Å². The topological polar surface area (TPSA) is 84.6 Å². The Hall–Kier alpha value is -2.33. The van der Waals surface area contributed by atoms with E-state index < -0.39 is 0 Å². The molecule has 0 aliphatic rings. The Morgan fingerprint density at radius 1 is 1.13 bits per heavy atom. The molecule has 0 aliphatic carbocycles. The predicted molar refractivity (Wildman–Crippen MR) is 135 cm³/mol. The molecule has 0 unspecified atom stereocenters. The average molecular weight is 556 g/mol. The Bertz CT molecular complexity index is 980. The van der Waals surface area contributed by atoms with E-state index in [0.717, 1.165) is 42.3 Å². The molecular formula is C22H27ClIN5O2. The maximum absolute atomic E-state index is 6.02. The summed E-state index contributed by atoms with van der Waals surface area (Å²) in [7, 11) is 1.69. The van der Waals surface area contributed by atoms with Gasteiger partial charge in [-0.25, -0.2) is 0 Å². The normalized spacial score (nSPS) is 11.0. The molecule has 0 saturated heterocycles. The molecule has 0 spiro atoms. The molecule has 0 saturated carbocycles. The number of hydrogen-bond acceptors (Lipinski definition) is 5. The maximum Gasteiger partial charge on any atom is 0.228 e. The summed E-state index contributed by atoms with van der Waals surface area (Å²) in [6, 6.07) is 15.4. The quantitative estimate of drug-likeness (QED) is 0.232. The van der Waals surface area contributed by atoms with Crippen molar-refractivity contribution < 1.29 is 9.26 Å². The van der Waals surface area contributed by atoms with Crippen molar-refractivity contribution in [2.45, 2.75) is 19.8 Å². The molecule has 0 atom stereocenters. The van der Waals surface area contributed by atoms with E-state index in [1.807, 2.05) is 49.4 Å². The average Bonchev–Trinajstić information content (AvgIpc) is 3.23. The number of guanidine groups is 1. The third kappa shape index (κ3) is 7.70. The summed E-state index contributed by atoms with van der Waals surface area (Å²) in [5, 5.41) is 11.3. The summed E-state index contributed by atoms with van der Waals surface area (Å²) < 4.78 is 10.7. The SMILES string of the molecule is CCNC(=NCCc1nc(-c2cccc(Cl)c2)no1)NCCc1ccccc1OC.I. The van der Waals surface area contributed by atoms with Crippen LogP contribution in [0.4, 0.5) is 0 Å². The van der Waals surface area contributed by atoms with Gasteiger partial charge in [0.1, 0.15) is 5.75 Å². The number of aliphatic imine (C=N–C) groups is 1. The van der Waals surface area contributed by atoms with E-state index >= 15 is 0 Å². The van der Waals surface area contributed by atoms with Gasteiger partial charge < -0.3 is 19.9 Å². The number of rotatable bonds is 9. The van der Waals surface area contributed by atoms with Crippen LogP contribution in [0.25, 0.3) is 11.4 Å². The fraction of sp³-hybridized carbons (Fsp3) is 0.318. The first-order valence-electron chi connectivity index (χ1n) is 9.92. The summed E-state index contributed by atoms with van der Waals surface area (Å²) in [5.74, 6) is 2.71. The third-order valence-electron chi connectivity index (χ3n) is 4.37. The first-order valence-corrected chi connectivity index (χ1v) is 10.3. The lowest BCUT2D eigenvalue weighted by molar-refractivity contribution is 0.380. The van der Waals surface area contributed by atoms with Crippen molar-refractivity contribution in [3.05, 3.63) is 65.0 Å². The highest BCUT2D eigenvalue weighted by atomic mass is 127. The number of aromatic nitrogens is 2. The summed E-state index contributed by atoms with van der Waals surface area (Å²) >= 11 is 6.02. The summed E-state index contributed by atoms with van der Waals surface area (Å²) in [6.07, 6.45) is 1.39. The number of halogens is 2. The summed E-state index contributed by atoms with van der Waals surface area (Å²) in [4.78, 5) is 9.02. The minimum absolute atomic E-state index is 0. The van der Waals surface area contributed by atoms with Crippen molar-refractivity contribution in [3.8, 4) is 17.1 Å². The van der Waals surface area contributed by atoms with Crippen LogP contribution in [0.1, 0.15) is 18.4 Å². The molecule has 3 aromatic rings. The first kappa shape index (κ1) is 24.9. The highest BCUT2D eigenvalue weighted by Gasteiger charge is 2.09. The molecule has 0 bridgehead atoms. The molecule has 1 heterocycles. The van der Waals surface area contributed by atoms with Crippen molar-refractivity contribution in [2.75, 3.05) is 26.7 Å². The lowest BCUT2D eigenvalue weighted by atomic mass is 10.1. The molecule has 1 aromatic heterocycles. The fourth-order valence-electron chi connectivity index (χ4n) is 2.93. The van der Waals surface area contributed by atoms with Gasteiger partial charge in [0.15, 0.2) is 5.96 Å². The van der Waals surface area contributed by atoms with E-state index in [1.54, 1.807) is 7.11 Å². The summed E-state index contributed by atoms with van der Waals surface area (Å²) in [6.45, 7) is 4.08. The van der Waals surface area contributed by atoms with Crippen LogP contribution in [0.2, 0.25) is 5.02 Å². The zero-order valence-corrected chi connectivity index (χ0v) is 20.7. The second-order valence-electron chi connectivity index (χ2n) is 6.52. The number of para-hydroxylation sites is 1. The minimum atomic E-state index is 0. The van der Waals surface area contributed by atoms with Crippen molar-refractivity contribution in [1.29, 1.82) is 0 Å². The van der Waals surface area contributed by atoms with Crippen LogP contribution in [0.5, 0.6) is 5.75 Å². The van der Waals surface area contributed by atoms with Crippen LogP contribution in [-0.4, -0.2) is 42.8 Å². The van der Waals surface area contributed by atoms with Crippen LogP contribution in [0.15, 0.2) is 58.0 Å². The lowest BCUT2D eigenvalue weighted by Gasteiger charge is -2.12. The van der Waals surface area contributed by atoms with Gasteiger partial charge in [-0.1, -0.05) is 47.1 Å². The van der Waals surface area contributed by atoms with Gasteiger partial charge in [0.05, 0.1) is 13.7 Å². The highest BCUT2D eigenvalue weighted by Crippen LogP contribution is 2.20. The molecule has 9 heteroatoms. The van der Waals surface area contributed by atoms with E-state index in [9.17, 15) is 0 Å². The molecule has 3 rings (SSSR count). The van der Waals surface area contributed by atoms with Crippen molar-refractivity contribution in [2.24, 2.45) is 4.99 Å². The number of hydrogen-bond donors (Lipinski definition) is 2. The van der Waals surface area contributed by atoms with E-state index in [-0.39, 0.29) is 24.0 Å². The Labute approximate surface area is 204 Å². The van der Waals surface area contributed by atoms with Gasteiger partial charge in [0.2, 0.25) is 11.7 Å². The Morgan fingerprint density at radius 2 is 1.97 bits per heavy atom. The monoisotopic (exact) mass is 555 g/mol. The molecule has 0 fully saturated rings. The van der Waals surface area contributed by atoms with Crippen LogP contribution < -0.4 is 15.4 Å². The number of nitrogens with zero attached hydrogens (tertiary/aromatic N) is 3. The van der Waals surface area contributed by atoms with Gasteiger partial charge in [-0.3, -0.25) is 4.99 Å². The van der Waals surface area contributed by atoms with Gasteiger partial charge >= 0.3 is 0 Å². The molecule has 2 aromatic carbocycles. The van der Waals surface area contributed by atoms with E-state index in [2.05, 4.69) is 31.8 Å². The molecule has 0 aliphatic heterocycles. The number of methoxy groups -OCH3 is 1. The van der Waals surface area contributed by atoms with Crippen molar-refractivity contribution in [1.82, 2.24) is 20.8 Å². The largest absolute Gasteiger partial charge is 0.496 e. The molecule has 0 radical (unpaired) electrons. The fourth-order valence-corrected chi connectivity index (χ4v) is 3.12. The van der Waals surface area contributed by atoms with E-state index in [0.29, 0.717) is 29.7 Å².